The van der Waals surface area contributed by atoms with Crippen molar-refractivity contribution in [1.29, 1.82) is 0 Å². The molecule has 0 heterocycles. The van der Waals surface area contributed by atoms with Crippen molar-refractivity contribution in [3.05, 3.63) is 23.8 Å². The molecule has 0 amide bonds. The smallest absolute Gasteiger partial charge is 0.168 e. The predicted molar refractivity (Wildman–Crippen MR) is 58.2 cm³/mol. The van der Waals surface area contributed by atoms with Gasteiger partial charge < -0.3 is 10.2 Å². The van der Waals surface area contributed by atoms with Gasteiger partial charge in [0.05, 0.1) is 5.56 Å². The summed E-state index contributed by atoms with van der Waals surface area (Å²) in [4.78, 5) is 11.6. The summed E-state index contributed by atoms with van der Waals surface area (Å²) < 4.78 is 0. The van der Waals surface area contributed by atoms with E-state index in [9.17, 15) is 15.0 Å². The zero-order chi connectivity index (χ0) is 11.3. The molecule has 0 aliphatic carbocycles. The first-order valence-electron chi connectivity index (χ1n) is 5.21. The van der Waals surface area contributed by atoms with Gasteiger partial charge in [-0.2, -0.15) is 0 Å². The van der Waals surface area contributed by atoms with Crippen molar-refractivity contribution >= 4 is 5.78 Å². The van der Waals surface area contributed by atoms with Gasteiger partial charge in [-0.3, -0.25) is 4.79 Å². The lowest BCUT2D eigenvalue weighted by molar-refractivity contribution is 0.0976. The van der Waals surface area contributed by atoms with Crippen LogP contribution in [0.25, 0.3) is 0 Å². The fourth-order valence-corrected chi connectivity index (χ4v) is 1.43. The normalized spacial score (nSPS) is 10.2. The average Bonchev–Trinajstić information content (AvgIpc) is 2.22. The first-order chi connectivity index (χ1) is 7.16. The van der Waals surface area contributed by atoms with Crippen LogP contribution in [0.1, 0.15) is 43.0 Å². The van der Waals surface area contributed by atoms with Crippen molar-refractivity contribution in [1.82, 2.24) is 0 Å². The van der Waals surface area contributed by atoms with Gasteiger partial charge in [0.2, 0.25) is 0 Å². The number of benzene rings is 1. The lowest BCUT2D eigenvalue weighted by Crippen LogP contribution is -1.99. The first kappa shape index (κ1) is 11.6. The topological polar surface area (TPSA) is 57.5 Å². The highest BCUT2D eigenvalue weighted by Gasteiger charge is 2.12. The monoisotopic (exact) mass is 208 g/mol. The maximum atomic E-state index is 11.6. The fourth-order valence-electron chi connectivity index (χ4n) is 1.43. The highest BCUT2D eigenvalue weighted by molar-refractivity contribution is 5.99. The third-order valence-electron chi connectivity index (χ3n) is 2.32. The molecule has 0 unspecified atom stereocenters. The van der Waals surface area contributed by atoms with Gasteiger partial charge >= 0.3 is 0 Å². The Morgan fingerprint density at radius 2 is 2.00 bits per heavy atom. The van der Waals surface area contributed by atoms with Crippen LogP contribution in [0.3, 0.4) is 0 Å². The van der Waals surface area contributed by atoms with Crippen LogP contribution in [0.5, 0.6) is 11.5 Å². The van der Waals surface area contributed by atoms with Gasteiger partial charge in [-0.15, -0.1) is 0 Å². The number of rotatable bonds is 5. The van der Waals surface area contributed by atoms with Gasteiger partial charge in [0.15, 0.2) is 17.3 Å². The molecule has 0 aromatic heterocycles. The third kappa shape index (κ3) is 2.98. The second-order valence-corrected chi connectivity index (χ2v) is 3.55. The molecule has 1 aromatic rings. The SMILES string of the molecule is CCCCCC(=O)c1cccc(O)c1O. The van der Waals surface area contributed by atoms with Crippen molar-refractivity contribution in [2.75, 3.05) is 0 Å². The number of hydrogen-bond donors (Lipinski definition) is 2. The summed E-state index contributed by atoms with van der Waals surface area (Å²) >= 11 is 0. The highest BCUT2D eigenvalue weighted by Crippen LogP contribution is 2.29. The Labute approximate surface area is 89.4 Å². The molecule has 0 atom stereocenters. The molecule has 0 spiro atoms. The number of para-hydroxylation sites is 1. The Balaban J connectivity index is 2.69. The van der Waals surface area contributed by atoms with Crippen molar-refractivity contribution in [3.63, 3.8) is 0 Å². The van der Waals surface area contributed by atoms with Crippen LogP contribution in [0.2, 0.25) is 0 Å². The van der Waals surface area contributed by atoms with Gasteiger partial charge in [0.1, 0.15) is 0 Å². The van der Waals surface area contributed by atoms with Crippen LogP contribution < -0.4 is 0 Å². The van der Waals surface area contributed by atoms with E-state index in [0.717, 1.165) is 19.3 Å². The predicted octanol–water partition coefficient (Wildman–Crippen LogP) is 2.86. The van der Waals surface area contributed by atoms with Gasteiger partial charge in [0, 0.05) is 6.42 Å². The first-order valence-corrected chi connectivity index (χ1v) is 5.21. The summed E-state index contributed by atoms with van der Waals surface area (Å²) in [5, 5.41) is 18.7. The molecule has 0 saturated carbocycles. The number of Topliss-reactive ketones (excluding diaryl/α,β-unsaturated/α-hetero) is 1. The second-order valence-electron chi connectivity index (χ2n) is 3.55. The molecule has 3 nitrogen and oxygen atoms in total. The molecule has 0 saturated heterocycles. The second kappa shape index (κ2) is 5.39. The molecule has 0 aliphatic heterocycles. The Hall–Kier alpha value is -1.51. The fraction of sp³-hybridized carbons (Fsp3) is 0.417. The number of phenols is 2. The number of hydrogen-bond acceptors (Lipinski definition) is 3. The largest absolute Gasteiger partial charge is 0.504 e. The summed E-state index contributed by atoms with van der Waals surface area (Å²) in [6.45, 7) is 2.07. The molecule has 0 fully saturated rings. The van der Waals surface area contributed by atoms with E-state index in [1.54, 1.807) is 6.07 Å². The minimum absolute atomic E-state index is 0.114. The lowest BCUT2D eigenvalue weighted by atomic mass is 10.0. The van der Waals surface area contributed by atoms with E-state index in [4.69, 9.17) is 0 Å². The van der Waals surface area contributed by atoms with Crippen LogP contribution in [-0.2, 0) is 0 Å². The molecule has 2 N–H and O–H groups in total. The number of ketones is 1. The number of carbonyl (C=O) groups excluding carboxylic acids is 1. The Kier molecular flexibility index (Phi) is 4.16. The highest BCUT2D eigenvalue weighted by atomic mass is 16.3. The van der Waals surface area contributed by atoms with Crippen molar-refractivity contribution in [2.45, 2.75) is 32.6 Å². The number of phenolic OH excluding ortho intramolecular Hbond substituents is 2. The van der Waals surface area contributed by atoms with Gasteiger partial charge in [-0.05, 0) is 18.6 Å². The summed E-state index contributed by atoms with van der Waals surface area (Å²) in [5.41, 5.74) is 0.214. The molecule has 0 bridgehead atoms. The lowest BCUT2D eigenvalue weighted by Gasteiger charge is -2.04. The molecule has 15 heavy (non-hydrogen) atoms. The summed E-state index contributed by atoms with van der Waals surface area (Å²) in [5.74, 6) is -0.660. The molecule has 0 aliphatic rings. The molecule has 1 rings (SSSR count). The zero-order valence-electron chi connectivity index (χ0n) is 8.86. The minimum atomic E-state index is -0.306. The molecule has 82 valence electrons. The van der Waals surface area contributed by atoms with Crippen LogP contribution in [-0.4, -0.2) is 16.0 Å². The van der Waals surface area contributed by atoms with Crippen LogP contribution in [0, 0.1) is 0 Å². The molecular formula is C12H16O3. The van der Waals surface area contributed by atoms with Gasteiger partial charge in [-0.25, -0.2) is 0 Å². The summed E-state index contributed by atoms with van der Waals surface area (Å²) in [7, 11) is 0. The van der Waals surface area contributed by atoms with E-state index < -0.39 is 0 Å². The zero-order valence-corrected chi connectivity index (χ0v) is 8.86. The standard InChI is InChI=1S/C12H16O3/c1-2-3-4-7-10(13)9-6-5-8-11(14)12(9)15/h5-6,8,14-15H,2-4,7H2,1H3. The van der Waals surface area contributed by atoms with E-state index in [1.807, 2.05) is 0 Å². The van der Waals surface area contributed by atoms with E-state index in [0.29, 0.717) is 6.42 Å². The Morgan fingerprint density at radius 3 is 2.67 bits per heavy atom. The third-order valence-corrected chi connectivity index (χ3v) is 2.32. The maximum absolute atomic E-state index is 11.6. The average molecular weight is 208 g/mol. The van der Waals surface area contributed by atoms with E-state index >= 15 is 0 Å². The number of aromatic hydroxyl groups is 2. The number of unbranched alkanes of at least 4 members (excludes halogenated alkanes) is 2. The van der Waals surface area contributed by atoms with E-state index in [2.05, 4.69) is 6.92 Å². The van der Waals surface area contributed by atoms with Gasteiger partial charge in [-0.1, -0.05) is 25.8 Å². The number of carbonyl (C=O) groups is 1. The quantitative estimate of drug-likeness (QED) is 0.444. The van der Waals surface area contributed by atoms with Gasteiger partial charge in [0.25, 0.3) is 0 Å². The van der Waals surface area contributed by atoms with Crippen LogP contribution in [0.15, 0.2) is 18.2 Å². The van der Waals surface area contributed by atoms with Crippen LogP contribution in [0.4, 0.5) is 0 Å². The maximum Gasteiger partial charge on any atom is 0.168 e. The Morgan fingerprint density at radius 1 is 1.27 bits per heavy atom. The summed E-state index contributed by atoms with van der Waals surface area (Å²) in [6, 6.07) is 4.45. The van der Waals surface area contributed by atoms with Crippen molar-refractivity contribution < 1.29 is 15.0 Å². The molecule has 3 heteroatoms. The van der Waals surface area contributed by atoms with Crippen molar-refractivity contribution in [2.24, 2.45) is 0 Å². The minimum Gasteiger partial charge on any atom is -0.504 e. The molecular weight excluding hydrogens is 192 g/mol. The molecule has 1 aromatic carbocycles. The summed E-state index contributed by atoms with van der Waals surface area (Å²) in [6.07, 6.45) is 3.31. The Bertz CT molecular complexity index is 345. The van der Waals surface area contributed by atoms with E-state index in [1.165, 1.54) is 12.1 Å². The van der Waals surface area contributed by atoms with E-state index in [-0.39, 0.29) is 22.8 Å². The molecule has 0 radical (unpaired) electrons. The van der Waals surface area contributed by atoms with Crippen LogP contribution >= 0.6 is 0 Å². The van der Waals surface area contributed by atoms with Crippen molar-refractivity contribution in [3.8, 4) is 11.5 Å².